The first-order chi connectivity index (χ1) is 14.2. The fourth-order valence-corrected chi connectivity index (χ4v) is 4.18. The van der Waals surface area contributed by atoms with Crippen LogP contribution in [0.25, 0.3) is 0 Å². The number of nitrogens with two attached hydrogens (primary N) is 1. The number of unbranched alkanes of at least 4 members (excludes halogenated alkanes) is 12. The molecule has 0 saturated heterocycles. The lowest BCUT2D eigenvalue weighted by Gasteiger charge is -2.06. The van der Waals surface area contributed by atoms with Crippen molar-refractivity contribution >= 4 is 16.9 Å². The van der Waals surface area contributed by atoms with Gasteiger partial charge < -0.3 is 0 Å². The van der Waals surface area contributed by atoms with Crippen molar-refractivity contribution in [3.05, 3.63) is 29.8 Å². The number of hydrazine groups is 1. The standard InChI is InChI=1S/C23H41N3O2S/c1-2-3-4-5-6-7-8-9-10-11-12-13-14-15-23(27)26-29(28)22-18-16-21(17-19-22)20-25-24/h16-19,25H,2-15,20,24H2,1H3,(H,26,27). The van der Waals surface area contributed by atoms with Gasteiger partial charge >= 0.3 is 0 Å². The van der Waals surface area contributed by atoms with E-state index in [-0.39, 0.29) is 5.91 Å². The summed E-state index contributed by atoms with van der Waals surface area (Å²) in [6.07, 6.45) is 17.1. The molecule has 0 radical (unpaired) electrons. The van der Waals surface area contributed by atoms with Crippen LogP contribution in [0.5, 0.6) is 0 Å². The first-order valence-corrected chi connectivity index (χ1v) is 12.6. The number of amides is 1. The van der Waals surface area contributed by atoms with Gasteiger partial charge in [-0.3, -0.25) is 20.8 Å². The maximum absolute atomic E-state index is 12.2. The summed E-state index contributed by atoms with van der Waals surface area (Å²) in [6.45, 7) is 2.81. The molecule has 29 heavy (non-hydrogen) atoms. The minimum atomic E-state index is -1.49. The van der Waals surface area contributed by atoms with Crippen LogP contribution in [0.15, 0.2) is 29.2 Å². The Hall–Kier alpha value is -1.24. The third-order valence-corrected chi connectivity index (χ3v) is 6.27. The van der Waals surface area contributed by atoms with E-state index < -0.39 is 11.0 Å². The predicted octanol–water partition coefficient (Wildman–Crippen LogP) is 5.27. The highest BCUT2D eigenvalue weighted by atomic mass is 32.2. The van der Waals surface area contributed by atoms with Crippen LogP contribution in [0.4, 0.5) is 0 Å². The Bertz CT molecular complexity index is 564. The molecule has 0 aromatic heterocycles. The Kier molecular flexibility index (Phi) is 15.7. The maximum Gasteiger partial charge on any atom is 0.231 e. The van der Waals surface area contributed by atoms with Crippen molar-refractivity contribution in [2.45, 2.75) is 108 Å². The van der Waals surface area contributed by atoms with Gasteiger partial charge in [0.2, 0.25) is 5.91 Å². The lowest BCUT2D eigenvalue weighted by atomic mass is 10.0. The number of carbonyl (C=O) groups is 1. The molecule has 0 spiro atoms. The van der Waals surface area contributed by atoms with E-state index >= 15 is 0 Å². The minimum Gasteiger partial charge on any atom is -0.274 e. The number of hydrogen-bond donors (Lipinski definition) is 3. The molecule has 1 aromatic rings. The van der Waals surface area contributed by atoms with Gasteiger partial charge in [0.25, 0.3) is 0 Å². The fraction of sp³-hybridized carbons (Fsp3) is 0.696. The molecule has 0 aliphatic heterocycles. The van der Waals surface area contributed by atoms with Gasteiger partial charge in [0.1, 0.15) is 0 Å². The molecule has 0 aliphatic carbocycles. The minimum absolute atomic E-state index is 0.140. The molecular weight excluding hydrogens is 382 g/mol. The van der Waals surface area contributed by atoms with E-state index in [1.54, 1.807) is 12.1 Å². The van der Waals surface area contributed by atoms with Gasteiger partial charge in [-0.25, -0.2) is 4.21 Å². The van der Waals surface area contributed by atoms with Gasteiger partial charge in [-0.1, -0.05) is 96.1 Å². The fourth-order valence-electron chi connectivity index (χ4n) is 3.37. The van der Waals surface area contributed by atoms with Crippen molar-refractivity contribution in [3.63, 3.8) is 0 Å². The van der Waals surface area contributed by atoms with E-state index in [2.05, 4.69) is 17.1 Å². The van der Waals surface area contributed by atoms with Gasteiger partial charge in [-0.2, -0.15) is 0 Å². The van der Waals surface area contributed by atoms with Crippen molar-refractivity contribution in [1.82, 2.24) is 10.1 Å². The molecule has 0 heterocycles. The molecule has 1 aromatic carbocycles. The smallest absolute Gasteiger partial charge is 0.231 e. The molecule has 5 nitrogen and oxygen atoms in total. The van der Waals surface area contributed by atoms with E-state index in [4.69, 9.17) is 5.84 Å². The number of hydrogen-bond acceptors (Lipinski definition) is 4. The van der Waals surface area contributed by atoms with Crippen molar-refractivity contribution in [2.24, 2.45) is 5.84 Å². The van der Waals surface area contributed by atoms with Crippen LogP contribution >= 0.6 is 0 Å². The van der Waals surface area contributed by atoms with Gasteiger partial charge in [0.15, 0.2) is 11.0 Å². The van der Waals surface area contributed by atoms with Crippen molar-refractivity contribution in [2.75, 3.05) is 0 Å². The summed E-state index contributed by atoms with van der Waals surface area (Å²) < 4.78 is 14.8. The van der Waals surface area contributed by atoms with Gasteiger partial charge in [-0.05, 0) is 24.1 Å². The average molecular weight is 424 g/mol. The molecule has 1 rings (SSSR count). The third kappa shape index (κ3) is 13.6. The Balaban J connectivity index is 1.98. The Morgan fingerprint density at radius 3 is 1.79 bits per heavy atom. The molecule has 0 saturated carbocycles. The number of rotatable bonds is 18. The molecule has 0 bridgehead atoms. The highest BCUT2D eigenvalue weighted by Gasteiger charge is 2.08. The second-order valence-corrected chi connectivity index (χ2v) is 9.02. The zero-order valence-electron chi connectivity index (χ0n) is 18.2. The van der Waals surface area contributed by atoms with Crippen molar-refractivity contribution in [3.8, 4) is 0 Å². The summed E-state index contributed by atoms with van der Waals surface area (Å²) in [5, 5.41) is 0. The average Bonchev–Trinajstić information content (AvgIpc) is 2.72. The first-order valence-electron chi connectivity index (χ1n) is 11.4. The van der Waals surface area contributed by atoms with Crippen LogP contribution in [0, 0.1) is 0 Å². The van der Waals surface area contributed by atoms with E-state index in [9.17, 15) is 9.00 Å². The lowest BCUT2D eigenvalue weighted by Crippen LogP contribution is -2.25. The zero-order valence-corrected chi connectivity index (χ0v) is 19.0. The van der Waals surface area contributed by atoms with Crippen molar-refractivity contribution < 1.29 is 9.00 Å². The molecule has 4 N–H and O–H groups in total. The molecule has 1 amide bonds. The monoisotopic (exact) mass is 423 g/mol. The predicted molar refractivity (Wildman–Crippen MR) is 122 cm³/mol. The summed E-state index contributed by atoms with van der Waals surface area (Å²) in [5.41, 5.74) is 3.58. The highest BCUT2D eigenvalue weighted by Crippen LogP contribution is 2.13. The van der Waals surface area contributed by atoms with Gasteiger partial charge in [-0.15, -0.1) is 0 Å². The van der Waals surface area contributed by atoms with Crippen LogP contribution in [0.3, 0.4) is 0 Å². The second-order valence-electron chi connectivity index (χ2n) is 7.81. The van der Waals surface area contributed by atoms with Crippen LogP contribution in [0.2, 0.25) is 0 Å². The van der Waals surface area contributed by atoms with Crippen LogP contribution in [-0.4, -0.2) is 10.1 Å². The summed E-state index contributed by atoms with van der Waals surface area (Å²) in [5.74, 6) is 5.14. The Labute approximate surface area is 180 Å². The Morgan fingerprint density at radius 2 is 1.31 bits per heavy atom. The zero-order chi connectivity index (χ0) is 21.2. The van der Waals surface area contributed by atoms with E-state index in [1.807, 2.05) is 12.1 Å². The summed E-state index contributed by atoms with van der Waals surface area (Å²) in [6, 6.07) is 7.22. The van der Waals surface area contributed by atoms with Crippen molar-refractivity contribution in [1.29, 1.82) is 0 Å². The molecule has 6 heteroatoms. The van der Waals surface area contributed by atoms with E-state index in [0.717, 1.165) is 18.4 Å². The first kappa shape index (κ1) is 25.8. The lowest BCUT2D eigenvalue weighted by molar-refractivity contribution is -0.119. The van der Waals surface area contributed by atoms with E-state index in [1.165, 1.54) is 70.6 Å². The number of nitrogens with one attached hydrogen (secondary N) is 2. The van der Waals surface area contributed by atoms with Gasteiger partial charge in [0, 0.05) is 13.0 Å². The van der Waals surface area contributed by atoms with Gasteiger partial charge in [0.05, 0.1) is 4.90 Å². The van der Waals surface area contributed by atoms with E-state index in [0.29, 0.717) is 17.9 Å². The third-order valence-electron chi connectivity index (χ3n) is 5.16. The maximum atomic E-state index is 12.2. The second kappa shape index (κ2) is 17.6. The number of benzene rings is 1. The van der Waals surface area contributed by atoms with Crippen LogP contribution in [0.1, 0.15) is 102 Å². The van der Waals surface area contributed by atoms with Crippen LogP contribution < -0.4 is 16.0 Å². The summed E-state index contributed by atoms with van der Waals surface area (Å²) >= 11 is 0. The highest BCUT2D eigenvalue weighted by molar-refractivity contribution is 7.83. The topological polar surface area (TPSA) is 84.2 Å². The summed E-state index contributed by atoms with van der Waals surface area (Å²) in [4.78, 5) is 12.6. The quantitative estimate of drug-likeness (QED) is 0.171. The molecule has 1 unspecified atom stereocenters. The number of carbonyl (C=O) groups excluding carboxylic acids is 1. The molecule has 0 fully saturated rings. The SMILES string of the molecule is CCCCCCCCCCCCCCCC(=O)NS(=O)c1ccc(CNN)cc1. The molecule has 1 atom stereocenters. The normalized spacial score (nSPS) is 12.1. The molecule has 0 aliphatic rings. The molecular formula is C23H41N3O2S. The largest absolute Gasteiger partial charge is 0.274 e. The summed E-state index contributed by atoms with van der Waals surface area (Å²) in [7, 11) is -1.49. The molecule has 166 valence electrons. The van der Waals surface area contributed by atoms with Crippen LogP contribution in [-0.2, 0) is 22.3 Å². The Morgan fingerprint density at radius 1 is 0.828 bits per heavy atom.